The van der Waals surface area contributed by atoms with Crippen molar-refractivity contribution in [2.75, 3.05) is 40.5 Å². The van der Waals surface area contributed by atoms with Gasteiger partial charge in [-0.3, -0.25) is 24.7 Å². The Morgan fingerprint density at radius 2 is 0.953 bits per heavy atom. The van der Waals surface area contributed by atoms with Crippen molar-refractivity contribution in [1.29, 1.82) is 0 Å². The van der Waals surface area contributed by atoms with E-state index in [-0.39, 0.29) is 36.3 Å². The predicted octanol–water partition coefficient (Wildman–Crippen LogP) is 16.6. The summed E-state index contributed by atoms with van der Waals surface area (Å²) in [7, 11) is 3.56. The van der Waals surface area contributed by atoms with Gasteiger partial charge in [0.25, 0.3) is 0 Å². The standard InChI is InChI=1S/C24H46O3.C23H45NO3.C16H22N4O3.C8H10O/c1-3-5-7-9-12-16-20-23(19-15-8-6-4-2)24(26)27-22-18-14-11-10-13-17-21-25;1-3-5-7-9-10-14-18-22(17-13-8-6-4-2)23(26)27-20-16-12-11-15-19-24-21-25;1-13(17-2)8-9-18-15(19-10-11-21)20-16(22)23-12-14-6-4-3-5-7-14;1-9-7-8-5-3-2-4-6-8/h21,23H,3-20,22H2,1-2H3;21-22H,3-20H2,1-2H3,(H,24,25);3-7,10,13,17H,8-9,12H2,1-2H3,(H2,18,19,20,22);2-6H,7H2,1H3. The molecular weight excluding hydrogens is 1080 g/mol. The summed E-state index contributed by atoms with van der Waals surface area (Å²) in [5.41, 5.74) is 2.10. The molecule has 492 valence electrons. The van der Waals surface area contributed by atoms with Gasteiger partial charge in [0, 0.05) is 32.7 Å². The quantitative estimate of drug-likeness (QED) is 0.00931. The summed E-state index contributed by atoms with van der Waals surface area (Å²) < 4.78 is 21.2. The number of ether oxygens (including phenoxy) is 4. The molecule has 3 atom stereocenters. The smallest absolute Gasteiger partial charge is 0.414 e. The lowest BCUT2D eigenvalue weighted by Gasteiger charge is -2.16. The van der Waals surface area contributed by atoms with E-state index in [2.05, 4.69) is 54.0 Å². The summed E-state index contributed by atoms with van der Waals surface area (Å²) in [5.74, 6) is 2.00. The van der Waals surface area contributed by atoms with E-state index >= 15 is 0 Å². The second-order valence-electron chi connectivity index (χ2n) is 22.5. The van der Waals surface area contributed by atoms with Crippen LogP contribution in [0.25, 0.3) is 0 Å². The zero-order valence-corrected chi connectivity index (χ0v) is 55.3. The van der Waals surface area contributed by atoms with Crippen LogP contribution < -0.4 is 21.3 Å². The Balaban J connectivity index is 0. The average Bonchev–Trinajstić information content (AvgIpc) is 3.56. The number of esters is 2. The molecule has 0 radical (unpaired) electrons. The number of rotatable bonds is 51. The maximum Gasteiger partial charge on any atom is 0.414 e. The van der Waals surface area contributed by atoms with Crippen molar-refractivity contribution in [1.82, 2.24) is 21.3 Å². The Bertz CT molecular complexity index is 1840. The molecular formula is C71H123N5O10. The first-order chi connectivity index (χ1) is 42.1. The van der Waals surface area contributed by atoms with Crippen LogP contribution in [-0.4, -0.2) is 89.1 Å². The highest BCUT2D eigenvalue weighted by molar-refractivity contribution is 5.94. The molecule has 86 heavy (non-hydrogen) atoms. The van der Waals surface area contributed by atoms with E-state index in [0.29, 0.717) is 38.8 Å². The monoisotopic (exact) mass is 1210 g/mol. The maximum absolute atomic E-state index is 12.5. The first kappa shape index (κ1) is 82.7. The number of hydrogen-bond donors (Lipinski definition) is 4. The van der Waals surface area contributed by atoms with E-state index in [0.717, 1.165) is 147 Å². The highest BCUT2D eigenvalue weighted by Gasteiger charge is 2.20. The van der Waals surface area contributed by atoms with E-state index in [1.807, 2.05) is 74.6 Å². The third-order valence-corrected chi connectivity index (χ3v) is 14.7. The van der Waals surface area contributed by atoms with E-state index in [1.54, 1.807) is 13.1 Å². The van der Waals surface area contributed by atoms with Gasteiger partial charge in [0.15, 0.2) is 0 Å². The van der Waals surface area contributed by atoms with Gasteiger partial charge in [-0.1, -0.05) is 242 Å². The molecule has 3 unspecified atom stereocenters. The fraction of sp³-hybridized carbons (Fsp3) is 0.718. The van der Waals surface area contributed by atoms with Gasteiger partial charge in [-0.05, 0) is 89.3 Å². The molecule has 0 saturated carbocycles. The van der Waals surface area contributed by atoms with E-state index in [4.69, 9.17) is 18.9 Å². The van der Waals surface area contributed by atoms with Gasteiger partial charge in [0.2, 0.25) is 12.4 Å². The number of methoxy groups -OCH3 is 1. The molecule has 0 aliphatic rings. The van der Waals surface area contributed by atoms with Crippen molar-refractivity contribution >= 4 is 42.6 Å². The van der Waals surface area contributed by atoms with Crippen molar-refractivity contribution in [2.45, 2.75) is 279 Å². The number of guanidine groups is 1. The van der Waals surface area contributed by atoms with Gasteiger partial charge >= 0.3 is 18.0 Å². The number of aliphatic imine (C=N–C) groups is 1. The van der Waals surface area contributed by atoms with E-state index in [1.165, 1.54) is 108 Å². The van der Waals surface area contributed by atoms with Crippen LogP contribution in [0.1, 0.15) is 270 Å². The topological polar surface area (TPSA) is 200 Å². The van der Waals surface area contributed by atoms with Crippen LogP contribution in [0.15, 0.2) is 71.9 Å². The van der Waals surface area contributed by atoms with Crippen LogP contribution >= 0.6 is 0 Å². The number of carbonyl (C=O) groups is 5. The highest BCUT2D eigenvalue weighted by Crippen LogP contribution is 2.22. The average molecular weight is 1210 g/mol. The van der Waals surface area contributed by atoms with Crippen molar-refractivity contribution in [2.24, 2.45) is 16.8 Å². The van der Waals surface area contributed by atoms with Gasteiger partial charge in [0.1, 0.15) is 18.8 Å². The third-order valence-electron chi connectivity index (χ3n) is 14.7. The molecule has 0 heterocycles. The number of alkyl carbamates (subject to hydrolysis) is 1. The zero-order chi connectivity index (χ0) is 63.5. The van der Waals surface area contributed by atoms with Gasteiger partial charge in [0.05, 0.1) is 37.9 Å². The Morgan fingerprint density at radius 3 is 1.38 bits per heavy atom. The van der Waals surface area contributed by atoms with Gasteiger partial charge in [-0.25, -0.2) is 9.59 Å². The number of benzene rings is 2. The molecule has 15 nitrogen and oxygen atoms in total. The van der Waals surface area contributed by atoms with E-state index < -0.39 is 6.09 Å². The summed E-state index contributed by atoms with van der Waals surface area (Å²) in [5, 5.41) is 10.8. The van der Waals surface area contributed by atoms with Crippen LogP contribution in [0.3, 0.4) is 0 Å². The number of nitrogens with one attached hydrogen (secondary N) is 4. The highest BCUT2D eigenvalue weighted by atomic mass is 16.6. The minimum absolute atomic E-state index is 0.0303. The molecule has 2 rings (SSSR count). The number of amides is 2. The summed E-state index contributed by atoms with van der Waals surface area (Å²) in [6, 6.07) is 19.7. The number of carbonyl (C=O) groups excluding carboxylic acids is 6. The summed E-state index contributed by atoms with van der Waals surface area (Å²) in [6.45, 7) is 14.1. The first-order valence-electron chi connectivity index (χ1n) is 33.7. The molecule has 2 amide bonds. The van der Waals surface area contributed by atoms with Crippen molar-refractivity contribution in [3.63, 3.8) is 0 Å². The largest absolute Gasteiger partial charge is 0.465 e. The molecule has 2 aromatic carbocycles. The number of nitrogens with zero attached hydrogens (tertiary/aromatic N) is 1. The predicted molar refractivity (Wildman–Crippen MR) is 354 cm³/mol. The summed E-state index contributed by atoms with van der Waals surface area (Å²) >= 11 is 0. The first-order valence-corrected chi connectivity index (χ1v) is 33.7. The molecule has 4 N–H and O–H groups in total. The lowest BCUT2D eigenvalue weighted by Crippen LogP contribution is -2.39. The van der Waals surface area contributed by atoms with Crippen molar-refractivity contribution in [3.8, 4) is 0 Å². The normalized spacial score (nSPS) is 11.7. The second kappa shape index (κ2) is 67.1. The fourth-order valence-corrected chi connectivity index (χ4v) is 9.25. The Morgan fingerprint density at radius 1 is 0.535 bits per heavy atom. The minimum Gasteiger partial charge on any atom is -0.465 e. The van der Waals surface area contributed by atoms with Gasteiger partial charge < -0.3 is 39.7 Å². The second-order valence-corrected chi connectivity index (χ2v) is 22.5. The Labute approximate surface area is 523 Å². The number of aldehydes is 1. The van der Waals surface area contributed by atoms with Crippen LogP contribution in [0, 0.1) is 11.8 Å². The van der Waals surface area contributed by atoms with Gasteiger partial charge in [-0.2, -0.15) is 0 Å². The molecule has 0 aliphatic heterocycles. The SMILES string of the molecule is CCCCCCCCC(CCCCCC)C(=O)OCCCCCCCC=O.CCCCCCCCC(CCCCCC)C(=O)OCCCCCCNC=O.CNC(C)CCN=C(NC=C=O)NC(=O)OCc1ccccc1.COCc1ccccc1. The minimum atomic E-state index is -0.652. The maximum atomic E-state index is 12.5. The lowest BCUT2D eigenvalue weighted by molar-refractivity contribution is -0.150. The van der Waals surface area contributed by atoms with Crippen LogP contribution in [0.2, 0.25) is 0 Å². The third kappa shape index (κ3) is 57.7. The Hall–Kier alpha value is -5.37. The van der Waals surface area contributed by atoms with E-state index in [9.17, 15) is 28.8 Å². The van der Waals surface area contributed by atoms with Crippen LogP contribution in [-0.2, 0) is 56.1 Å². The van der Waals surface area contributed by atoms with Crippen molar-refractivity contribution < 1.29 is 47.7 Å². The van der Waals surface area contributed by atoms with Crippen LogP contribution in [0.5, 0.6) is 0 Å². The number of unbranched alkanes of at least 4 members (excludes halogenated alkanes) is 24. The zero-order valence-electron chi connectivity index (χ0n) is 55.3. The number of hydrogen-bond acceptors (Lipinski definition) is 12. The molecule has 0 aliphatic carbocycles. The van der Waals surface area contributed by atoms with Gasteiger partial charge in [-0.15, -0.1) is 0 Å². The van der Waals surface area contributed by atoms with Crippen LogP contribution in [0.4, 0.5) is 4.79 Å². The molecule has 2 aromatic rings. The molecule has 0 spiro atoms. The lowest BCUT2D eigenvalue weighted by atomic mass is 9.94. The summed E-state index contributed by atoms with van der Waals surface area (Å²) in [4.78, 5) is 71.6. The molecule has 0 bridgehead atoms. The molecule has 0 fully saturated rings. The molecule has 0 aromatic heterocycles. The molecule has 0 saturated heterocycles. The fourth-order valence-electron chi connectivity index (χ4n) is 9.25. The Kier molecular flexibility index (Phi) is 64.6. The van der Waals surface area contributed by atoms with Crippen molar-refractivity contribution in [3.05, 3.63) is 78.0 Å². The molecule has 15 heteroatoms. The summed E-state index contributed by atoms with van der Waals surface area (Å²) in [6.07, 6.45) is 41.9.